The molecule has 9 nitrogen and oxygen atoms in total. The van der Waals surface area contributed by atoms with E-state index in [1.165, 1.54) is 10.9 Å². The lowest BCUT2D eigenvalue weighted by atomic mass is 10.1. The monoisotopic (exact) mass is 512 g/mol. The number of aryl methyl sites for hydroxylation is 2. The lowest BCUT2D eigenvalue weighted by Gasteiger charge is -2.11. The fourth-order valence-corrected chi connectivity index (χ4v) is 3.73. The molecule has 0 aliphatic carbocycles. The van der Waals surface area contributed by atoms with E-state index < -0.39 is 0 Å². The van der Waals surface area contributed by atoms with E-state index in [4.69, 9.17) is 27.9 Å². The number of amides is 2. The molecule has 0 radical (unpaired) electrons. The molecule has 0 aliphatic heterocycles. The summed E-state index contributed by atoms with van der Waals surface area (Å²) < 4.78 is 8.82. The Morgan fingerprint density at radius 1 is 1.00 bits per heavy atom. The summed E-state index contributed by atoms with van der Waals surface area (Å²) in [6.45, 7) is 0.486. The molecule has 2 aromatic carbocycles. The first-order valence-corrected chi connectivity index (χ1v) is 11.3. The van der Waals surface area contributed by atoms with Gasteiger partial charge in [0.1, 0.15) is 23.1 Å². The van der Waals surface area contributed by atoms with Gasteiger partial charge in [0.05, 0.1) is 23.1 Å². The first-order valence-electron chi connectivity index (χ1n) is 10.6. The van der Waals surface area contributed by atoms with Crippen molar-refractivity contribution < 1.29 is 14.3 Å². The molecular formula is C24H22Cl2N6O3. The van der Waals surface area contributed by atoms with E-state index in [-0.39, 0.29) is 24.1 Å². The Hall–Kier alpha value is -3.82. The molecule has 2 N–H and O–H groups in total. The van der Waals surface area contributed by atoms with Crippen LogP contribution in [0.15, 0.2) is 61.1 Å². The molecule has 0 aliphatic rings. The Bertz CT molecular complexity index is 1380. The molecule has 0 fully saturated rings. The van der Waals surface area contributed by atoms with Crippen molar-refractivity contribution in [2.75, 3.05) is 5.32 Å². The molecule has 11 heteroatoms. The van der Waals surface area contributed by atoms with Gasteiger partial charge in [-0.25, -0.2) is 0 Å². The highest BCUT2D eigenvalue weighted by atomic mass is 35.5. The number of hydrogen-bond donors (Lipinski definition) is 2. The highest BCUT2D eigenvalue weighted by Gasteiger charge is 2.19. The average molecular weight is 513 g/mol. The SMILES string of the molecule is Cn1cc(CNC(=O)c2c(NC(=O)c3cccc(COc4cccc(Cl)c4Cl)c3)cnn2C)cn1. The minimum atomic E-state index is -0.387. The van der Waals surface area contributed by atoms with Crippen LogP contribution in [0.5, 0.6) is 5.75 Å². The van der Waals surface area contributed by atoms with Crippen molar-refractivity contribution in [2.24, 2.45) is 14.1 Å². The first-order chi connectivity index (χ1) is 16.8. The van der Waals surface area contributed by atoms with E-state index in [0.717, 1.165) is 11.1 Å². The molecule has 0 unspecified atom stereocenters. The molecule has 0 spiro atoms. The molecule has 2 heterocycles. The van der Waals surface area contributed by atoms with Crippen LogP contribution < -0.4 is 15.4 Å². The number of nitrogens with zero attached hydrogens (tertiary/aromatic N) is 4. The topological polar surface area (TPSA) is 103 Å². The third-order valence-electron chi connectivity index (χ3n) is 5.11. The smallest absolute Gasteiger partial charge is 0.271 e. The van der Waals surface area contributed by atoms with Crippen LogP contribution in [0.1, 0.15) is 32.0 Å². The largest absolute Gasteiger partial charge is 0.487 e. The molecule has 180 valence electrons. The van der Waals surface area contributed by atoms with E-state index in [2.05, 4.69) is 20.8 Å². The minimum Gasteiger partial charge on any atom is -0.487 e. The lowest BCUT2D eigenvalue weighted by Crippen LogP contribution is -2.26. The summed E-state index contributed by atoms with van der Waals surface area (Å²) in [4.78, 5) is 25.7. The summed E-state index contributed by atoms with van der Waals surface area (Å²) in [6, 6.07) is 12.1. The zero-order valence-corrected chi connectivity index (χ0v) is 20.5. The highest BCUT2D eigenvalue weighted by Crippen LogP contribution is 2.32. The standard InChI is InChI=1S/C24H22Cl2N6O3/c1-31-13-16(11-28-31)10-27-24(34)22-19(12-29-32(22)2)30-23(33)17-6-3-5-15(9-17)14-35-20-8-4-7-18(25)21(20)26/h3-9,11-13H,10,14H2,1-2H3,(H,27,34)(H,30,33). The first kappa shape index (κ1) is 24.3. The fraction of sp³-hybridized carbons (Fsp3) is 0.167. The van der Waals surface area contributed by atoms with Gasteiger partial charge in [-0.3, -0.25) is 19.0 Å². The van der Waals surface area contributed by atoms with Gasteiger partial charge in [-0.15, -0.1) is 0 Å². The maximum absolute atomic E-state index is 12.9. The summed E-state index contributed by atoms with van der Waals surface area (Å²) in [5.41, 5.74) is 2.54. The average Bonchev–Trinajstić information content (AvgIpc) is 3.43. The maximum atomic E-state index is 12.9. The van der Waals surface area contributed by atoms with Crippen molar-refractivity contribution in [2.45, 2.75) is 13.2 Å². The Morgan fingerprint density at radius 2 is 1.80 bits per heavy atom. The molecule has 35 heavy (non-hydrogen) atoms. The Morgan fingerprint density at radius 3 is 2.57 bits per heavy atom. The molecule has 4 aromatic rings. The highest BCUT2D eigenvalue weighted by molar-refractivity contribution is 6.42. The van der Waals surface area contributed by atoms with Crippen molar-refractivity contribution in [1.82, 2.24) is 24.9 Å². The van der Waals surface area contributed by atoms with Gasteiger partial charge < -0.3 is 15.4 Å². The third-order valence-corrected chi connectivity index (χ3v) is 5.91. The zero-order valence-electron chi connectivity index (χ0n) is 19.0. The number of nitrogens with one attached hydrogen (secondary N) is 2. The molecule has 0 atom stereocenters. The van der Waals surface area contributed by atoms with E-state index in [9.17, 15) is 9.59 Å². The maximum Gasteiger partial charge on any atom is 0.271 e. The van der Waals surface area contributed by atoms with Gasteiger partial charge in [0.2, 0.25) is 0 Å². The fourth-order valence-electron chi connectivity index (χ4n) is 3.38. The normalized spacial score (nSPS) is 10.7. The van der Waals surface area contributed by atoms with Crippen molar-refractivity contribution in [3.63, 3.8) is 0 Å². The van der Waals surface area contributed by atoms with Crippen LogP contribution in [0.4, 0.5) is 5.69 Å². The number of benzene rings is 2. The Kier molecular flexibility index (Phi) is 7.38. The molecule has 0 bridgehead atoms. The zero-order chi connectivity index (χ0) is 24.9. The van der Waals surface area contributed by atoms with Crippen LogP contribution in [0.3, 0.4) is 0 Å². The number of carbonyl (C=O) groups is 2. The molecule has 2 amide bonds. The Labute approximate surface area is 211 Å². The van der Waals surface area contributed by atoms with Crippen LogP contribution in [-0.4, -0.2) is 31.4 Å². The predicted octanol–water partition coefficient (Wildman–Crippen LogP) is 4.22. The van der Waals surface area contributed by atoms with Crippen LogP contribution >= 0.6 is 23.2 Å². The van der Waals surface area contributed by atoms with Crippen molar-refractivity contribution in [3.8, 4) is 5.75 Å². The van der Waals surface area contributed by atoms with Crippen molar-refractivity contribution in [1.29, 1.82) is 0 Å². The van der Waals surface area contributed by atoms with Gasteiger partial charge in [0.25, 0.3) is 11.8 Å². The van der Waals surface area contributed by atoms with Crippen LogP contribution in [0.2, 0.25) is 10.0 Å². The number of ether oxygens (including phenoxy) is 1. The lowest BCUT2D eigenvalue weighted by molar-refractivity contribution is 0.0942. The summed E-state index contributed by atoms with van der Waals surface area (Å²) in [5.74, 6) is -0.307. The summed E-state index contributed by atoms with van der Waals surface area (Å²) in [7, 11) is 3.43. The quantitative estimate of drug-likeness (QED) is 0.367. The van der Waals surface area contributed by atoms with Crippen LogP contribution in [-0.2, 0) is 27.2 Å². The second-order valence-corrected chi connectivity index (χ2v) is 8.52. The van der Waals surface area contributed by atoms with Gasteiger partial charge in [-0.1, -0.05) is 41.4 Å². The second-order valence-electron chi connectivity index (χ2n) is 7.73. The van der Waals surface area contributed by atoms with E-state index in [1.54, 1.807) is 61.4 Å². The van der Waals surface area contributed by atoms with Gasteiger partial charge in [-0.2, -0.15) is 10.2 Å². The van der Waals surface area contributed by atoms with E-state index in [1.807, 2.05) is 12.3 Å². The van der Waals surface area contributed by atoms with Gasteiger partial charge in [0.15, 0.2) is 0 Å². The molecule has 4 rings (SSSR count). The molecule has 2 aromatic heterocycles. The minimum absolute atomic E-state index is 0.191. The third kappa shape index (κ3) is 5.82. The summed E-state index contributed by atoms with van der Waals surface area (Å²) in [6.07, 6.45) is 4.91. The summed E-state index contributed by atoms with van der Waals surface area (Å²) in [5, 5.41) is 14.5. The van der Waals surface area contributed by atoms with Gasteiger partial charge in [0, 0.05) is 38.0 Å². The summed E-state index contributed by atoms with van der Waals surface area (Å²) >= 11 is 12.2. The number of hydrogen-bond acceptors (Lipinski definition) is 5. The predicted molar refractivity (Wildman–Crippen MR) is 133 cm³/mol. The number of aromatic nitrogens is 4. The van der Waals surface area contributed by atoms with Gasteiger partial charge >= 0.3 is 0 Å². The number of halogens is 2. The number of rotatable bonds is 8. The molecular weight excluding hydrogens is 491 g/mol. The van der Waals surface area contributed by atoms with E-state index in [0.29, 0.717) is 33.6 Å². The van der Waals surface area contributed by atoms with Crippen LogP contribution in [0, 0.1) is 0 Å². The van der Waals surface area contributed by atoms with Gasteiger partial charge in [-0.05, 0) is 29.8 Å². The van der Waals surface area contributed by atoms with Crippen LogP contribution in [0.25, 0.3) is 0 Å². The second kappa shape index (κ2) is 10.6. The van der Waals surface area contributed by atoms with E-state index >= 15 is 0 Å². The van der Waals surface area contributed by atoms with Crippen molar-refractivity contribution in [3.05, 3.63) is 93.5 Å². The molecule has 0 saturated heterocycles. The van der Waals surface area contributed by atoms with Crippen molar-refractivity contribution >= 4 is 40.7 Å². The Balaban J connectivity index is 1.42. The number of anilines is 1. The molecule has 0 saturated carbocycles. The number of carbonyl (C=O) groups excluding carboxylic acids is 2.